The first-order valence-corrected chi connectivity index (χ1v) is 9.63. The maximum atomic E-state index is 11.4. The lowest BCUT2D eigenvalue weighted by Crippen LogP contribution is -2.45. The van der Waals surface area contributed by atoms with Gasteiger partial charge in [-0.3, -0.25) is 10.1 Å². The average molecular weight is 286 g/mol. The predicted octanol–water partition coefficient (Wildman–Crippen LogP) is 2.29. The molecular formula is C13H26N2O3Si. The van der Waals surface area contributed by atoms with E-state index in [9.17, 15) is 4.79 Å². The van der Waals surface area contributed by atoms with Crippen molar-refractivity contribution in [3.8, 4) is 0 Å². The number of rotatable bonds is 3. The second-order valence-electron chi connectivity index (χ2n) is 6.50. The van der Waals surface area contributed by atoms with Gasteiger partial charge in [0.25, 0.3) is 8.32 Å². The Morgan fingerprint density at radius 1 is 1.42 bits per heavy atom. The number of ether oxygens (including phenoxy) is 1. The molecule has 1 rings (SSSR count). The second-order valence-corrected chi connectivity index (χ2v) is 11.2. The minimum Gasteiger partial charge on any atom is -0.468 e. The Morgan fingerprint density at radius 2 is 2.05 bits per heavy atom. The van der Waals surface area contributed by atoms with Gasteiger partial charge in [0.2, 0.25) is 0 Å². The van der Waals surface area contributed by atoms with E-state index in [2.05, 4.69) is 44.3 Å². The van der Waals surface area contributed by atoms with Crippen molar-refractivity contribution >= 4 is 20.0 Å². The highest BCUT2D eigenvalue weighted by molar-refractivity contribution is 6.74. The van der Waals surface area contributed by atoms with Crippen molar-refractivity contribution in [3.63, 3.8) is 0 Å². The molecule has 1 saturated heterocycles. The summed E-state index contributed by atoms with van der Waals surface area (Å²) in [5.41, 5.74) is 0.977. The third-order valence-electron chi connectivity index (χ3n) is 3.97. The van der Waals surface area contributed by atoms with Gasteiger partial charge in [-0.1, -0.05) is 20.8 Å². The van der Waals surface area contributed by atoms with Crippen LogP contribution in [0.2, 0.25) is 18.1 Å². The van der Waals surface area contributed by atoms with Crippen LogP contribution in [-0.4, -0.2) is 39.7 Å². The quantitative estimate of drug-likeness (QED) is 0.491. The molecule has 19 heavy (non-hydrogen) atoms. The summed E-state index contributed by atoms with van der Waals surface area (Å²) in [7, 11) is -0.431. The minimum atomic E-state index is -1.84. The first-order valence-electron chi connectivity index (χ1n) is 6.72. The zero-order valence-electron chi connectivity index (χ0n) is 12.9. The van der Waals surface area contributed by atoms with Crippen LogP contribution < -0.4 is 5.32 Å². The summed E-state index contributed by atoms with van der Waals surface area (Å²) in [6.07, 6.45) is 1.49. The van der Waals surface area contributed by atoms with E-state index < -0.39 is 8.32 Å². The molecule has 0 saturated carbocycles. The molecule has 6 heteroatoms. The predicted molar refractivity (Wildman–Crippen MR) is 78.8 cm³/mol. The SMILES string of the molecule is COC(=O)[C@@H]1CCC(=NO[Si](C)(C)C(C)(C)C)CN1. The average Bonchev–Trinajstić information content (AvgIpc) is 2.35. The molecule has 110 valence electrons. The monoisotopic (exact) mass is 286 g/mol. The van der Waals surface area contributed by atoms with Crippen LogP contribution in [0.1, 0.15) is 33.6 Å². The van der Waals surface area contributed by atoms with Gasteiger partial charge in [-0.05, 0) is 31.0 Å². The molecular weight excluding hydrogens is 260 g/mol. The van der Waals surface area contributed by atoms with Crippen molar-refractivity contribution in [1.29, 1.82) is 0 Å². The maximum Gasteiger partial charge on any atom is 0.322 e. The summed E-state index contributed by atoms with van der Waals surface area (Å²) in [4.78, 5) is 11.4. The summed E-state index contributed by atoms with van der Waals surface area (Å²) >= 11 is 0. The van der Waals surface area contributed by atoms with E-state index >= 15 is 0 Å². The van der Waals surface area contributed by atoms with Crippen molar-refractivity contribution in [2.24, 2.45) is 5.16 Å². The molecule has 1 aliphatic rings. The van der Waals surface area contributed by atoms with Crippen molar-refractivity contribution in [3.05, 3.63) is 0 Å². The molecule has 0 spiro atoms. The van der Waals surface area contributed by atoms with Crippen molar-refractivity contribution < 1.29 is 14.1 Å². The number of nitrogens with zero attached hydrogens (tertiary/aromatic N) is 1. The maximum absolute atomic E-state index is 11.4. The molecule has 1 N–H and O–H groups in total. The van der Waals surface area contributed by atoms with Crippen LogP contribution in [-0.2, 0) is 14.1 Å². The second kappa shape index (κ2) is 6.05. The van der Waals surface area contributed by atoms with Crippen LogP contribution >= 0.6 is 0 Å². The van der Waals surface area contributed by atoms with E-state index in [0.717, 1.165) is 12.1 Å². The first-order chi connectivity index (χ1) is 8.67. The fraction of sp³-hybridized carbons (Fsp3) is 0.846. The number of piperidine rings is 1. The lowest BCUT2D eigenvalue weighted by Gasteiger charge is -2.33. The molecule has 5 nitrogen and oxygen atoms in total. The summed E-state index contributed by atoms with van der Waals surface area (Å²) in [6, 6.07) is -0.211. The Balaban J connectivity index is 2.52. The van der Waals surface area contributed by atoms with Gasteiger partial charge >= 0.3 is 5.97 Å². The molecule has 0 aromatic carbocycles. The standard InChI is InChI=1S/C13H26N2O3Si/c1-13(2,3)19(5,6)18-15-10-7-8-11(14-9-10)12(16)17-4/h11,14H,7-9H2,1-6H3/t11-/m0/s1. The molecule has 0 bridgehead atoms. The third kappa shape index (κ3) is 4.31. The summed E-state index contributed by atoms with van der Waals surface area (Å²) < 4.78 is 10.5. The van der Waals surface area contributed by atoms with Crippen molar-refractivity contribution in [2.75, 3.05) is 13.7 Å². The molecule has 0 radical (unpaired) electrons. The number of methoxy groups -OCH3 is 1. The lowest BCUT2D eigenvalue weighted by molar-refractivity contribution is -0.143. The van der Waals surface area contributed by atoms with Gasteiger partial charge < -0.3 is 9.26 Å². The molecule has 1 atom stereocenters. The molecule has 1 aliphatic heterocycles. The van der Waals surface area contributed by atoms with Gasteiger partial charge in [-0.15, -0.1) is 5.16 Å². The first kappa shape index (κ1) is 16.2. The number of carbonyl (C=O) groups is 1. The van der Waals surface area contributed by atoms with E-state index in [-0.39, 0.29) is 17.0 Å². The molecule has 1 heterocycles. The van der Waals surface area contributed by atoms with E-state index in [1.165, 1.54) is 7.11 Å². The Kier molecular flexibility index (Phi) is 5.15. The molecule has 0 aromatic rings. The normalized spacial score (nSPS) is 23.3. The molecule has 0 aliphatic carbocycles. The van der Waals surface area contributed by atoms with Crippen LogP contribution in [0.15, 0.2) is 5.16 Å². The lowest BCUT2D eigenvalue weighted by atomic mass is 10.0. The number of nitrogens with one attached hydrogen (secondary N) is 1. The number of hydrogen-bond acceptors (Lipinski definition) is 5. The zero-order valence-corrected chi connectivity index (χ0v) is 13.9. The van der Waals surface area contributed by atoms with Gasteiger partial charge in [0.05, 0.1) is 12.8 Å². The number of hydrogen-bond donors (Lipinski definition) is 1. The van der Waals surface area contributed by atoms with E-state index in [0.29, 0.717) is 13.0 Å². The van der Waals surface area contributed by atoms with Crippen LogP contribution in [0.3, 0.4) is 0 Å². The van der Waals surface area contributed by atoms with Crippen LogP contribution in [0.5, 0.6) is 0 Å². The smallest absolute Gasteiger partial charge is 0.322 e. The molecule has 0 amide bonds. The van der Waals surface area contributed by atoms with Gasteiger partial charge in [0, 0.05) is 6.54 Å². The Hall–Kier alpha value is -0.883. The van der Waals surface area contributed by atoms with Gasteiger partial charge in [0.15, 0.2) is 0 Å². The van der Waals surface area contributed by atoms with Gasteiger partial charge in [0.1, 0.15) is 6.04 Å². The van der Waals surface area contributed by atoms with Crippen molar-refractivity contribution in [1.82, 2.24) is 5.32 Å². The van der Waals surface area contributed by atoms with E-state index in [4.69, 9.17) is 9.26 Å². The fourth-order valence-electron chi connectivity index (χ4n) is 1.48. The van der Waals surface area contributed by atoms with E-state index in [1.54, 1.807) is 0 Å². The minimum absolute atomic E-state index is 0.147. The Morgan fingerprint density at radius 3 is 2.47 bits per heavy atom. The van der Waals surface area contributed by atoms with Gasteiger partial charge in [-0.2, -0.15) is 0 Å². The number of esters is 1. The third-order valence-corrected chi connectivity index (χ3v) is 8.13. The molecule has 0 unspecified atom stereocenters. The van der Waals surface area contributed by atoms with Crippen molar-refractivity contribution in [2.45, 2.75) is 57.8 Å². The van der Waals surface area contributed by atoms with Crippen LogP contribution in [0.4, 0.5) is 0 Å². The van der Waals surface area contributed by atoms with E-state index in [1.807, 2.05) is 0 Å². The summed E-state index contributed by atoms with van der Waals surface area (Å²) in [5, 5.41) is 7.58. The number of carbonyl (C=O) groups excluding carboxylic acids is 1. The summed E-state index contributed by atoms with van der Waals surface area (Å²) in [5.74, 6) is -0.204. The largest absolute Gasteiger partial charge is 0.468 e. The molecule has 1 fully saturated rings. The topological polar surface area (TPSA) is 59.9 Å². The van der Waals surface area contributed by atoms with Crippen LogP contribution in [0.25, 0.3) is 0 Å². The zero-order chi connectivity index (χ0) is 14.7. The Bertz CT molecular complexity index is 351. The highest BCUT2D eigenvalue weighted by Gasteiger charge is 2.40. The Labute approximate surface area is 116 Å². The molecule has 0 aromatic heterocycles. The highest BCUT2D eigenvalue weighted by atomic mass is 28.4. The van der Waals surface area contributed by atoms with Gasteiger partial charge in [-0.25, -0.2) is 0 Å². The fourth-order valence-corrected chi connectivity index (χ4v) is 2.11. The summed E-state index contributed by atoms with van der Waals surface area (Å²) in [6.45, 7) is 11.5. The number of oxime groups is 1. The highest BCUT2D eigenvalue weighted by Crippen LogP contribution is 2.36. The van der Waals surface area contributed by atoms with Crippen LogP contribution in [0, 0.1) is 0 Å².